The molecule has 0 saturated heterocycles. The summed E-state index contributed by atoms with van der Waals surface area (Å²) in [5.74, 6) is 0.0202. The van der Waals surface area contributed by atoms with Crippen LogP contribution in [-0.2, 0) is 0 Å². The van der Waals surface area contributed by atoms with Crippen molar-refractivity contribution in [1.82, 2.24) is 4.98 Å². The van der Waals surface area contributed by atoms with E-state index in [0.29, 0.717) is 11.1 Å². The minimum atomic E-state index is 0.0202. The van der Waals surface area contributed by atoms with E-state index in [9.17, 15) is 4.79 Å². The molecule has 0 atom stereocenters. The standard InChI is InChI=1S/C13H11NO/c1-10-4-2-5-11(8-10)13(15)12-6-3-7-14-9-12/h2-9H,1H3. The van der Waals surface area contributed by atoms with Crippen LogP contribution in [0.1, 0.15) is 21.5 Å². The Morgan fingerprint density at radius 2 is 1.93 bits per heavy atom. The van der Waals surface area contributed by atoms with Crippen molar-refractivity contribution in [2.45, 2.75) is 6.92 Å². The van der Waals surface area contributed by atoms with E-state index in [1.54, 1.807) is 24.5 Å². The lowest BCUT2D eigenvalue weighted by Gasteiger charge is -2.01. The zero-order valence-corrected chi connectivity index (χ0v) is 8.47. The van der Waals surface area contributed by atoms with Gasteiger partial charge in [0.1, 0.15) is 0 Å². The highest BCUT2D eigenvalue weighted by atomic mass is 16.1. The van der Waals surface area contributed by atoms with Crippen LogP contribution in [0, 0.1) is 6.92 Å². The van der Waals surface area contributed by atoms with Gasteiger partial charge in [-0.05, 0) is 25.1 Å². The van der Waals surface area contributed by atoms with Crippen LogP contribution < -0.4 is 0 Å². The lowest BCUT2D eigenvalue weighted by atomic mass is 10.0. The topological polar surface area (TPSA) is 30.0 Å². The van der Waals surface area contributed by atoms with Gasteiger partial charge in [0.15, 0.2) is 5.78 Å². The summed E-state index contributed by atoms with van der Waals surface area (Å²) in [5.41, 5.74) is 2.43. The second kappa shape index (κ2) is 4.05. The fraction of sp³-hybridized carbons (Fsp3) is 0.0769. The first-order chi connectivity index (χ1) is 7.27. The van der Waals surface area contributed by atoms with Gasteiger partial charge < -0.3 is 0 Å². The highest BCUT2D eigenvalue weighted by Gasteiger charge is 2.07. The maximum atomic E-state index is 12.0. The number of hydrogen-bond donors (Lipinski definition) is 0. The predicted octanol–water partition coefficient (Wildman–Crippen LogP) is 2.62. The fourth-order valence-electron chi connectivity index (χ4n) is 1.45. The highest BCUT2D eigenvalue weighted by molar-refractivity contribution is 6.08. The molecule has 0 radical (unpaired) electrons. The SMILES string of the molecule is Cc1cccc(C(=O)c2cccnc2)c1. The molecule has 0 fully saturated rings. The summed E-state index contributed by atoms with van der Waals surface area (Å²) in [7, 11) is 0. The maximum absolute atomic E-state index is 12.0. The second-order valence-corrected chi connectivity index (χ2v) is 3.44. The van der Waals surface area contributed by atoms with Crippen molar-refractivity contribution >= 4 is 5.78 Å². The minimum Gasteiger partial charge on any atom is -0.289 e. The number of hydrogen-bond acceptors (Lipinski definition) is 2. The minimum absolute atomic E-state index is 0.0202. The number of rotatable bonds is 2. The Balaban J connectivity index is 2.37. The molecule has 2 heteroatoms. The number of pyridine rings is 1. The Bertz CT molecular complexity index is 477. The van der Waals surface area contributed by atoms with Crippen LogP contribution in [0.5, 0.6) is 0 Å². The molecule has 15 heavy (non-hydrogen) atoms. The summed E-state index contributed by atoms with van der Waals surface area (Å²) in [6, 6.07) is 11.1. The van der Waals surface area contributed by atoms with E-state index in [4.69, 9.17) is 0 Å². The number of aryl methyl sites for hydroxylation is 1. The summed E-state index contributed by atoms with van der Waals surface area (Å²) in [5, 5.41) is 0. The molecule has 0 aliphatic heterocycles. The molecule has 0 spiro atoms. The lowest BCUT2D eigenvalue weighted by Crippen LogP contribution is -2.01. The molecular weight excluding hydrogens is 186 g/mol. The van der Waals surface area contributed by atoms with Crippen LogP contribution in [0.15, 0.2) is 48.8 Å². The second-order valence-electron chi connectivity index (χ2n) is 3.44. The van der Waals surface area contributed by atoms with Gasteiger partial charge in [-0.3, -0.25) is 9.78 Å². The van der Waals surface area contributed by atoms with Gasteiger partial charge in [0, 0.05) is 23.5 Å². The zero-order chi connectivity index (χ0) is 10.7. The Labute approximate surface area is 88.6 Å². The monoisotopic (exact) mass is 197 g/mol. The molecule has 0 unspecified atom stereocenters. The van der Waals surface area contributed by atoms with Gasteiger partial charge in [-0.1, -0.05) is 23.8 Å². The van der Waals surface area contributed by atoms with Crippen LogP contribution >= 0.6 is 0 Å². The normalized spacial score (nSPS) is 9.93. The van der Waals surface area contributed by atoms with E-state index in [0.717, 1.165) is 5.56 Å². The molecule has 2 aromatic rings. The third kappa shape index (κ3) is 2.10. The lowest BCUT2D eigenvalue weighted by molar-refractivity contribution is 0.103. The van der Waals surface area contributed by atoms with Crippen molar-refractivity contribution in [3.05, 3.63) is 65.5 Å². The Kier molecular flexibility index (Phi) is 2.59. The largest absolute Gasteiger partial charge is 0.289 e. The molecule has 1 heterocycles. The van der Waals surface area contributed by atoms with Crippen LogP contribution in [0.4, 0.5) is 0 Å². The first kappa shape index (κ1) is 9.59. The van der Waals surface area contributed by atoms with Gasteiger partial charge in [0.2, 0.25) is 0 Å². The molecule has 0 N–H and O–H groups in total. The molecule has 0 aliphatic rings. The predicted molar refractivity (Wildman–Crippen MR) is 58.8 cm³/mol. The van der Waals surface area contributed by atoms with Crippen molar-refractivity contribution in [1.29, 1.82) is 0 Å². The van der Waals surface area contributed by atoms with E-state index >= 15 is 0 Å². The van der Waals surface area contributed by atoms with Crippen molar-refractivity contribution in [2.24, 2.45) is 0 Å². The molecule has 2 rings (SSSR count). The third-order valence-electron chi connectivity index (χ3n) is 2.20. The number of benzene rings is 1. The fourth-order valence-corrected chi connectivity index (χ4v) is 1.45. The van der Waals surface area contributed by atoms with Crippen molar-refractivity contribution in [3.63, 3.8) is 0 Å². The quantitative estimate of drug-likeness (QED) is 0.693. The number of nitrogens with zero attached hydrogens (tertiary/aromatic N) is 1. The van der Waals surface area contributed by atoms with Gasteiger partial charge in [-0.15, -0.1) is 0 Å². The van der Waals surface area contributed by atoms with E-state index in [-0.39, 0.29) is 5.78 Å². The zero-order valence-electron chi connectivity index (χ0n) is 8.47. The first-order valence-corrected chi connectivity index (χ1v) is 4.79. The summed E-state index contributed by atoms with van der Waals surface area (Å²) in [6.45, 7) is 1.97. The van der Waals surface area contributed by atoms with Gasteiger partial charge in [-0.25, -0.2) is 0 Å². The Morgan fingerprint density at radius 3 is 2.60 bits per heavy atom. The number of carbonyl (C=O) groups is 1. The van der Waals surface area contributed by atoms with Gasteiger partial charge in [0.05, 0.1) is 0 Å². The summed E-state index contributed by atoms with van der Waals surface area (Å²) >= 11 is 0. The summed E-state index contributed by atoms with van der Waals surface area (Å²) in [6.07, 6.45) is 3.25. The summed E-state index contributed by atoms with van der Waals surface area (Å²) in [4.78, 5) is 15.9. The highest BCUT2D eigenvalue weighted by Crippen LogP contribution is 2.10. The van der Waals surface area contributed by atoms with Crippen molar-refractivity contribution in [3.8, 4) is 0 Å². The molecule has 1 aromatic carbocycles. The first-order valence-electron chi connectivity index (χ1n) is 4.79. The van der Waals surface area contributed by atoms with E-state index in [1.165, 1.54) is 0 Å². The molecule has 0 bridgehead atoms. The number of ketones is 1. The van der Waals surface area contributed by atoms with E-state index < -0.39 is 0 Å². The smallest absolute Gasteiger partial charge is 0.194 e. The molecule has 0 aliphatic carbocycles. The van der Waals surface area contributed by atoms with Gasteiger partial charge >= 0.3 is 0 Å². The van der Waals surface area contributed by atoms with Crippen LogP contribution in [0.3, 0.4) is 0 Å². The Hall–Kier alpha value is -1.96. The average molecular weight is 197 g/mol. The summed E-state index contributed by atoms with van der Waals surface area (Å²) < 4.78 is 0. The molecule has 0 amide bonds. The van der Waals surface area contributed by atoms with Crippen molar-refractivity contribution < 1.29 is 4.79 Å². The van der Waals surface area contributed by atoms with Crippen molar-refractivity contribution in [2.75, 3.05) is 0 Å². The molecule has 74 valence electrons. The number of carbonyl (C=O) groups excluding carboxylic acids is 1. The van der Waals surface area contributed by atoms with Crippen LogP contribution in [-0.4, -0.2) is 10.8 Å². The number of aromatic nitrogens is 1. The van der Waals surface area contributed by atoms with Gasteiger partial charge in [-0.2, -0.15) is 0 Å². The van der Waals surface area contributed by atoms with E-state index in [1.807, 2.05) is 31.2 Å². The van der Waals surface area contributed by atoms with Gasteiger partial charge in [0.25, 0.3) is 0 Å². The molecule has 1 aromatic heterocycles. The average Bonchev–Trinajstić information content (AvgIpc) is 2.29. The Morgan fingerprint density at radius 1 is 1.13 bits per heavy atom. The molecular formula is C13H11NO. The van der Waals surface area contributed by atoms with Crippen LogP contribution in [0.2, 0.25) is 0 Å². The van der Waals surface area contributed by atoms with E-state index in [2.05, 4.69) is 4.98 Å². The maximum Gasteiger partial charge on any atom is 0.194 e. The van der Waals surface area contributed by atoms with Crippen LogP contribution in [0.25, 0.3) is 0 Å². The third-order valence-corrected chi connectivity index (χ3v) is 2.20. The molecule has 2 nitrogen and oxygen atoms in total. The molecule has 0 saturated carbocycles.